The maximum absolute atomic E-state index is 4.76. The SMILES string of the molecule is c1cc(NCc2csc(-c3ccsc3)n2)c2nonc2c1. The highest BCUT2D eigenvalue weighted by molar-refractivity contribution is 7.14. The Balaban J connectivity index is 1.53. The molecule has 0 aliphatic carbocycles. The third kappa shape index (κ3) is 2.41. The molecule has 0 radical (unpaired) electrons. The van der Waals surface area contributed by atoms with E-state index in [1.807, 2.05) is 18.2 Å². The molecule has 0 spiro atoms. The lowest BCUT2D eigenvalue weighted by molar-refractivity contribution is 0.315. The maximum Gasteiger partial charge on any atom is 0.158 e. The molecule has 3 heterocycles. The number of fused-ring (bicyclic) bond motifs is 1. The second kappa shape index (κ2) is 5.27. The maximum atomic E-state index is 4.76. The number of thiazole rings is 1. The summed E-state index contributed by atoms with van der Waals surface area (Å²) in [4.78, 5) is 4.64. The first-order valence-electron chi connectivity index (χ1n) is 6.32. The van der Waals surface area contributed by atoms with Gasteiger partial charge in [-0.25, -0.2) is 9.61 Å². The molecule has 0 aliphatic rings. The van der Waals surface area contributed by atoms with Gasteiger partial charge < -0.3 is 5.32 Å². The van der Waals surface area contributed by atoms with Crippen LogP contribution in [0.3, 0.4) is 0 Å². The summed E-state index contributed by atoms with van der Waals surface area (Å²) in [5.74, 6) is 0. The molecule has 0 amide bonds. The van der Waals surface area contributed by atoms with Crippen molar-refractivity contribution in [3.8, 4) is 10.6 Å². The Morgan fingerprint density at radius 3 is 3.05 bits per heavy atom. The number of thiophene rings is 1. The molecule has 0 unspecified atom stereocenters. The van der Waals surface area contributed by atoms with Crippen molar-refractivity contribution in [2.24, 2.45) is 0 Å². The summed E-state index contributed by atoms with van der Waals surface area (Å²) < 4.78 is 4.76. The first-order valence-corrected chi connectivity index (χ1v) is 8.14. The van der Waals surface area contributed by atoms with Crippen molar-refractivity contribution in [1.29, 1.82) is 0 Å². The quantitative estimate of drug-likeness (QED) is 0.616. The van der Waals surface area contributed by atoms with E-state index < -0.39 is 0 Å². The molecule has 7 heteroatoms. The summed E-state index contributed by atoms with van der Waals surface area (Å²) in [5, 5.41) is 18.4. The topological polar surface area (TPSA) is 63.8 Å². The number of nitrogens with one attached hydrogen (secondary N) is 1. The molecule has 1 N–H and O–H groups in total. The Labute approximate surface area is 128 Å². The van der Waals surface area contributed by atoms with Gasteiger partial charge in [0.2, 0.25) is 0 Å². The third-order valence-corrected chi connectivity index (χ3v) is 4.69. The first kappa shape index (κ1) is 12.5. The van der Waals surface area contributed by atoms with Gasteiger partial charge in [0.25, 0.3) is 0 Å². The van der Waals surface area contributed by atoms with Gasteiger partial charge in [-0.05, 0) is 33.9 Å². The van der Waals surface area contributed by atoms with Crippen LogP contribution in [0.2, 0.25) is 0 Å². The number of hydrogen-bond donors (Lipinski definition) is 1. The zero-order valence-corrected chi connectivity index (χ0v) is 12.4. The predicted octanol–water partition coefficient (Wildman–Crippen LogP) is 4.02. The van der Waals surface area contributed by atoms with Crippen LogP contribution in [0.25, 0.3) is 21.6 Å². The predicted molar refractivity (Wildman–Crippen MR) is 84.6 cm³/mol. The summed E-state index contributed by atoms with van der Waals surface area (Å²) >= 11 is 3.34. The molecule has 0 aliphatic heterocycles. The minimum atomic E-state index is 0.645. The van der Waals surface area contributed by atoms with E-state index >= 15 is 0 Å². The van der Waals surface area contributed by atoms with Crippen molar-refractivity contribution in [3.05, 3.63) is 46.1 Å². The Morgan fingerprint density at radius 2 is 2.14 bits per heavy atom. The van der Waals surface area contributed by atoms with E-state index in [0.717, 1.165) is 27.4 Å². The van der Waals surface area contributed by atoms with Crippen LogP contribution in [-0.4, -0.2) is 15.3 Å². The molecule has 3 aromatic heterocycles. The van der Waals surface area contributed by atoms with Gasteiger partial charge in [-0.15, -0.1) is 11.3 Å². The van der Waals surface area contributed by atoms with Crippen LogP contribution in [0.5, 0.6) is 0 Å². The monoisotopic (exact) mass is 314 g/mol. The molecule has 5 nitrogen and oxygen atoms in total. The molecule has 0 saturated carbocycles. The fraction of sp³-hybridized carbons (Fsp3) is 0.0714. The summed E-state index contributed by atoms with van der Waals surface area (Å²) in [6.07, 6.45) is 0. The Morgan fingerprint density at radius 1 is 1.14 bits per heavy atom. The molecule has 0 saturated heterocycles. The molecule has 21 heavy (non-hydrogen) atoms. The Kier molecular flexibility index (Phi) is 3.13. The molecular weight excluding hydrogens is 304 g/mol. The number of nitrogens with zero attached hydrogens (tertiary/aromatic N) is 3. The van der Waals surface area contributed by atoms with E-state index in [2.05, 4.69) is 42.8 Å². The van der Waals surface area contributed by atoms with Gasteiger partial charge in [-0.1, -0.05) is 6.07 Å². The van der Waals surface area contributed by atoms with E-state index in [1.54, 1.807) is 22.7 Å². The Hall–Kier alpha value is -2.25. The molecular formula is C14H10N4OS2. The largest absolute Gasteiger partial charge is 0.377 e. The second-order valence-electron chi connectivity index (χ2n) is 4.45. The standard InChI is InChI=1S/C14H10N4OS2/c1-2-11(13-12(3-1)17-19-18-13)15-6-10-8-21-14(16-10)9-4-5-20-7-9/h1-5,7-8,15H,6H2. The summed E-state index contributed by atoms with van der Waals surface area (Å²) in [7, 11) is 0. The van der Waals surface area contributed by atoms with Gasteiger partial charge >= 0.3 is 0 Å². The van der Waals surface area contributed by atoms with Gasteiger partial charge in [-0.2, -0.15) is 11.3 Å². The summed E-state index contributed by atoms with van der Waals surface area (Å²) in [5.41, 5.74) is 4.58. The number of benzene rings is 1. The van der Waals surface area contributed by atoms with Crippen molar-refractivity contribution in [1.82, 2.24) is 15.3 Å². The number of anilines is 1. The number of hydrogen-bond acceptors (Lipinski definition) is 7. The lowest BCUT2D eigenvalue weighted by Crippen LogP contribution is -2.00. The highest BCUT2D eigenvalue weighted by Crippen LogP contribution is 2.26. The van der Waals surface area contributed by atoms with E-state index in [1.165, 1.54) is 5.56 Å². The lowest BCUT2D eigenvalue weighted by atomic mass is 10.2. The second-order valence-corrected chi connectivity index (χ2v) is 6.09. The average Bonchev–Trinajstić information content (AvgIpc) is 3.23. The molecule has 0 atom stereocenters. The van der Waals surface area contributed by atoms with Crippen LogP contribution >= 0.6 is 22.7 Å². The minimum Gasteiger partial charge on any atom is -0.377 e. The van der Waals surface area contributed by atoms with Crippen molar-refractivity contribution in [2.75, 3.05) is 5.32 Å². The van der Waals surface area contributed by atoms with Crippen LogP contribution in [0.1, 0.15) is 5.69 Å². The van der Waals surface area contributed by atoms with Crippen LogP contribution in [0.4, 0.5) is 5.69 Å². The van der Waals surface area contributed by atoms with Crippen LogP contribution in [0.15, 0.2) is 45.0 Å². The number of rotatable bonds is 4. The smallest absolute Gasteiger partial charge is 0.158 e. The zero-order chi connectivity index (χ0) is 14.1. The van der Waals surface area contributed by atoms with E-state index in [4.69, 9.17) is 4.63 Å². The zero-order valence-electron chi connectivity index (χ0n) is 10.8. The van der Waals surface area contributed by atoms with E-state index in [9.17, 15) is 0 Å². The fourth-order valence-electron chi connectivity index (χ4n) is 2.04. The normalized spacial score (nSPS) is 11.0. The third-order valence-electron chi connectivity index (χ3n) is 3.07. The first-order chi connectivity index (χ1) is 10.4. The molecule has 4 rings (SSSR count). The van der Waals surface area contributed by atoms with Crippen LogP contribution in [0, 0.1) is 0 Å². The van der Waals surface area contributed by atoms with Gasteiger partial charge in [0.15, 0.2) is 5.52 Å². The molecule has 0 bridgehead atoms. The molecule has 104 valence electrons. The summed E-state index contributed by atoms with van der Waals surface area (Å²) in [6.45, 7) is 0.645. The van der Waals surface area contributed by atoms with Crippen molar-refractivity contribution in [3.63, 3.8) is 0 Å². The fourth-order valence-corrected chi connectivity index (χ4v) is 3.57. The number of aromatic nitrogens is 3. The average molecular weight is 314 g/mol. The van der Waals surface area contributed by atoms with Crippen molar-refractivity contribution >= 4 is 39.4 Å². The van der Waals surface area contributed by atoms with Gasteiger partial charge in [-0.3, -0.25) is 0 Å². The van der Waals surface area contributed by atoms with Crippen molar-refractivity contribution in [2.45, 2.75) is 6.54 Å². The summed E-state index contributed by atoms with van der Waals surface area (Å²) in [6, 6.07) is 7.84. The lowest BCUT2D eigenvalue weighted by Gasteiger charge is -2.03. The minimum absolute atomic E-state index is 0.645. The molecule has 1 aromatic carbocycles. The van der Waals surface area contributed by atoms with Gasteiger partial charge in [0.1, 0.15) is 10.5 Å². The van der Waals surface area contributed by atoms with Crippen molar-refractivity contribution < 1.29 is 4.63 Å². The molecule has 0 fully saturated rings. The highest BCUT2D eigenvalue weighted by atomic mass is 32.1. The Bertz CT molecular complexity index is 866. The molecule has 4 aromatic rings. The van der Waals surface area contributed by atoms with Gasteiger partial charge in [0, 0.05) is 16.3 Å². The highest BCUT2D eigenvalue weighted by Gasteiger charge is 2.08. The van der Waals surface area contributed by atoms with Crippen LogP contribution in [-0.2, 0) is 6.54 Å². The van der Waals surface area contributed by atoms with Crippen LogP contribution < -0.4 is 5.32 Å². The van der Waals surface area contributed by atoms with E-state index in [-0.39, 0.29) is 0 Å². The van der Waals surface area contributed by atoms with Gasteiger partial charge in [0.05, 0.1) is 17.9 Å². The van der Waals surface area contributed by atoms with E-state index in [0.29, 0.717) is 6.54 Å².